The van der Waals surface area contributed by atoms with Crippen molar-refractivity contribution >= 4 is 23.7 Å². The molecule has 0 aliphatic carbocycles. The SMILES string of the molecule is CCOC(=O)C1=C(COC(=O)c2cccc(N(C)C)c2)NC(=O)NC1c1ccccc1. The molecule has 0 aromatic heterocycles. The Hall–Kier alpha value is -3.81. The summed E-state index contributed by atoms with van der Waals surface area (Å²) in [6.07, 6.45) is 0. The van der Waals surface area contributed by atoms with Crippen LogP contribution >= 0.6 is 0 Å². The summed E-state index contributed by atoms with van der Waals surface area (Å²) >= 11 is 0. The molecule has 0 saturated carbocycles. The average Bonchev–Trinajstić information content (AvgIpc) is 2.77. The van der Waals surface area contributed by atoms with Crippen LogP contribution in [0.3, 0.4) is 0 Å². The Morgan fingerprint density at radius 3 is 2.42 bits per heavy atom. The third-order valence-corrected chi connectivity index (χ3v) is 4.73. The Balaban J connectivity index is 1.89. The van der Waals surface area contributed by atoms with E-state index in [1.54, 1.807) is 37.3 Å². The van der Waals surface area contributed by atoms with Crippen LogP contribution in [0.1, 0.15) is 28.9 Å². The van der Waals surface area contributed by atoms with Gasteiger partial charge < -0.3 is 25.0 Å². The fraction of sp³-hybridized carbons (Fsp3) is 0.261. The maximum atomic E-state index is 12.7. The van der Waals surface area contributed by atoms with Gasteiger partial charge in [-0.3, -0.25) is 0 Å². The zero-order valence-electron chi connectivity index (χ0n) is 17.7. The molecule has 2 N–H and O–H groups in total. The molecule has 2 aromatic rings. The second-order valence-corrected chi connectivity index (χ2v) is 7.08. The lowest BCUT2D eigenvalue weighted by molar-refractivity contribution is -0.139. The standard InChI is InChI=1S/C23H25N3O5/c1-4-30-22(28)19-18(24-23(29)25-20(19)15-9-6-5-7-10-15)14-31-21(27)16-11-8-12-17(13-16)26(2)3/h5-13,20H,4,14H2,1-3H3,(H2,24,25,29). The molecule has 31 heavy (non-hydrogen) atoms. The van der Waals surface area contributed by atoms with Crippen molar-refractivity contribution in [3.8, 4) is 0 Å². The molecule has 3 rings (SSSR count). The van der Waals surface area contributed by atoms with E-state index in [-0.39, 0.29) is 24.5 Å². The van der Waals surface area contributed by atoms with Crippen LogP contribution in [-0.4, -0.2) is 45.3 Å². The smallest absolute Gasteiger partial charge is 0.338 e. The lowest BCUT2D eigenvalue weighted by Gasteiger charge is -2.29. The number of carbonyl (C=O) groups is 3. The molecule has 1 heterocycles. The first-order valence-corrected chi connectivity index (χ1v) is 9.87. The first kappa shape index (κ1) is 21.9. The molecule has 0 radical (unpaired) electrons. The monoisotopic (exact) mass is 423 g/mol. The molecule has 0 fully saturated rings. The molecule has 0 bridgehead atoms. The Morgan fingerprint density at radius 2 is 1.74 bits per heavy atom. The first-order chi connectivity index (χ1) is 14.9. The van der Waals surface area contributed by atoms with Crippen LogP contribution in [0.25, 0.3) is 0 Å². The minimum atomic E-state index is -0.722. The fourth-order valence-electron chi connectivity index (χ4n) is 3.21. The van der Waals surface area contributed by atoms with Crippen LogP contribution in [0.5, 0.6) is 0 Å². The van der Waals surface area contributed by atoms with E-state index < -0.39 is 24.0 Å². The molecule has 8 heteroatoms. The number of urea groups is 1. The molecule has 1 aliphatic rings. The number of hydrogen-bond donors (Lipinski definition) is 2. The zero-order chi connectivity index (χ0) is 22.4. The van der Waals surface area contributed by atoms with Crippen LogP contribution in [0.2, 0.25) is 0 Å². The van der Waals surface area contributed by atoms with Crippen molar-refractivity contribution in [3.05, 3.63) is 77.0 Å². The summed E-state index contributed by atoms with van der Waals surface area (Å²) in [5, 5.41) is 5.32. The van der Waals surface area contributed by atoms with Crippen molar-refractivity contribution in [2.24, 2.45) is 0 Å². The minimum Gasteiger partial charge on any atom is -0.463 e. The van der Waals surface area contributed by atoms with Crippen molar-refractivity contribution in [1.29, 1.82) is 0 Å². The lowest BCUT2D eigenvalue weighted by Crippen LogP contribution is -2.47. The summed E-state index contributed by atoms with van der Waals surface area (Å²) in [5.74, 6) is -1.16. The summed E-state index contributed by atoms with van der Waals surface area (Å²) in [5.41, 5.74) is 2.31. The van der Waals surface area contributed by atoms with Crippen molar-refractivity contribution in [1.82, 2.24) is 10.6 Å². The third kappa shape index (κ3) is 5.22. The van der Waals surface area contributed by atoms with E-state index in [9.17, 15) is 14.4 Å². The van der Waals surface area contributed by atoms with Crippen LogP contribution in [-0.2, 0) is 14.3 Å². The van der Waals surface area contributed by atoms with Crippen LogP contribution in [0.4, 0.5) is 10.5 Å². The van der Waals surface area contributed by atoms with Crippen LogP contribution in [0, 0.1) is 0 Å². The van der Waals surface area contributed by atoms with E-state index in [1.165, 1.54) is 0 Å². The van der Waals surface area contributed by atoms with E-state index in [0.29, 0.717) is 11.1 Å². The number of benzene rings is 2. The molecular formula is C23H25N3O5. The highest BCUT2D eigenvalue weighted by Gasteiger charge is 2.34. The van der Waals surface area contributed by atoms with Crippen LogP contribution in [0.15, 0.2) is 65.9 Å². The van der Waals surface area contributed by atoms with Gasteiger partial charge in [0.05, 0.1) is 29.5 Å². The Labute approximate surface area is 180 Å². The number of hydrogen-bond acceptors (Lipinski definition) is 6. The molecule has 0 saturated heterocycles. The van der Waals surface area contributed by atoms with Gasteiger partial charge in [-0.05, 0) is 30.7 Å². The Bertz CT molecular complexity index is 1000. The molecule has 0 spiro atoms. The number of ether oxygens (including phenoxy) is 2. The topological polar surface area (TPSA) is 97.0 Å². The van der Waals surface area contributed by atoms with Gasteiger partial charge in [-0.25, -0.2) is 14.4 Å². The largest absolute Gasteiger partial charge is 0.463 e. The highest BCUT2D eigenvalue weighted by Crippen LogP contribution is 2.28. The second-order valence-electron chi connectivity index (χ2n) is 7.08. The summed E-state index contributed by atoms with van der Waals surface area (Å²) in [4.78, 5) is 39.4. The number of carbonyl (C=O) groups excluding carboxylic acids is 3. The van der Waals surface area contributed by atoms with Crippen LogP contribution < -0.4 is 15.5 Å². The zero-order valence-corrected chi connectivity index (χ0v) is 17.7. The van der Waals surface area contributed by atoms with Gasteiger partial charge >= 0.3 is 18.0 Å². The maximum absolute atomic E-state index is 12.7. The van der Waals surface area contributed by atoms with Gasteiger partial charge in [0.25, 0.3) is 0 Å². The predicted octanol–water partition coefficient (Wildman–Crippen LogP) is 2.78. The quantitative estimate of drug-likeness (QED) is 0.665. The predicted molar refractivity (Wildman–Crippen MR) is 116 cm³/mol. The molecule has 162 valence electrons. The lowest BCUT2D eigenvalue weighted by atomic mass is 9.95. The van der Waals surface area contributed by atoms with Crippen molar-refractivity contribution in [2.45, 2.75) is 13.0 Å². The summed E-state index contributed by atoms with van der Waals surface area (Å²) in [7, 11) is 3.74. The van der Waals surface area contributed by atoms with E-state index in [1.807, 2.05) is 43.3 Å². The van der Waals surface area contributed by atoms with E-state index >= 15 is 0 Å². The Morgan fingerprint density at radius 1 is 1.00 bits per heavy atom. The molecular weight excluding hydrogens is 398 g/mol. The average molecular weight is 423 g/mol. The maximum Gasteiger partial charge on any atom is 0.338 e. The molecule has 2 amide bonds. The normalized spacial score (nSPS) is 15.6. The fourth-order valence-corrected chi connectivity index (χ4v) is 3.21. The van der Waals surface area contributed by atoms with Crippen molar-refractivity contribution < 1.29 is 23.9 Å². The number of amides is 2. The van der Waals surface area contributed by atoms with Gasteiger partial charge in [-0.15, -0.1) is 0 Å². The van der Waals surface area contributed by atoms with Gasteiger partial charge in [0.1, 0.15) is 6.61 Å². The molecule has 1 aliphatic heterocycles. The molecule has 1 atom stereocenters. The number of rotatable bonds is 7. The van der Waals surface area contributed by atoms with Gasteiger partial charge in [0, 0.05) is 19.8 Å². The van der Waals surface area contributed by atoms with E-state index in [2.05, 4.69) is 10.6 Å². The van der Waals surface area contributed by atoms with E-state index in [0.717, 1.165) is 5.69 Å². The second kappa shape index (κ2) is 9.80. The number of nitrogens with zero attached hydrogens (tertiary/aromatic N) is 1. The number of esters is 2. The summed E-state index contributed by atoms with van der Waals surface area (Å²) < 4.78 is 10.6. The number of nitrogens with one attached hydrogen (secondary N) is 2. The summed E-state index contributed by atoms with van der Waals surface area (Å²) in [6.45, 7) is 1.58. The number of anilines is 1. The van der Waals surface area contributed by atoms with Gasteiger partial charge in [0.15, 0.2) is 0 Å². The highest BCUT2D eigenvalue weighted by molar-refractivity contribution is 5.95. The highest BCUT2D eigenvalue weighted by atomic mass is 16.5. The van der Waals surface area contributed by atoms with Crippen molar-refractivity contribution in [2.75, 3.05) is 32.2 Å². The van der Waals surface area contributed by atoms with Gasteiger partial charge in [0.2, 0.25) is 0 Å². The molecule has 2 aromatic carbocycles. The van der Waals surface area contributed by atoms with Gasteiger partial charge in [-0.1, -0.05) is 36.4 Å². The van der Waals surface area contributed by atoms with E-state index in [4.69, 9.17) is 9.47 Å². The summed E-state index contributed by atoms with van der Waals surface area (Å²) in [6, 6.07) is 14.8. The van der Waals surface area contributed by atoms with Gasteiger partial charge in [-0.2, -0.15) is 0 Å². The Kier molecular flexibility index (Phi) is 6.92. The molecule has 1 unspecified atom stereocenters. The third-order valence-electron chi connectivity index (χ3n) is 4.73. The van der Waals surface area contributed by atoms with Crippen molar-refractivity contribution in [3.63, 3.8) is 0 Å². The minimum absolute atomic E-state index is 0.169. The first-order valence-electron chi connectivity index (χ1n) is 9.87. The molecule has 8 nitrogen and oxygen atoms in total.